The number of ether oxygens (including phenoxy) is 6. The first-order valence-corrected chi connectivity index (χ1v) is 41.4. The first-order chi connectivity index (χ1) is 51.8. The summed E-state index contributed by atoms with van der Waals surface area (Å²) in [6.07, 6.45) is 67.4. The maximum atomic E-state index is 13.5. The molecule has 19 heteroatoms. The molecule has 0 aromatic carbocycles. The number of amides is 1. The summed E-state index contributed by atoms with van der Waals surface area (Å²) in [6.45, 7) is 1.58. The lowest BCUT2D eigenvalue weighted by Gasteiger charge is -2.48. The summed E-state index contributed by atoms with van der Waals surface area (Å²) >= 11 is 0. The fraction of sp³-hybridized carbons (Fsp3) is 0.736. The van der Waals surface area contributed by atoms with Gasteiger partial charge in [-0.15, -0.1) is 0 Å². The molecule has 12 N–H and O–H groups in total. The van der Waals surface area contributed by atoms with Gasteiger partial charge in [0.05, 0.1) is 38.6 Å². The normalized spacial score (nSPS) is 26.4. The van der Waals surface area contributed by atoms with Crippen molar-refractivity contribution in [3.8, 4) is 0 Å². The number of unbranched alkanes of at least 4 members (excludes halogenated alkanes) is 28. The molecule has 0 aliphatic carbocycles. The lowest BCUT2D eigenvalue weighted by molar-refractivity contribution is -0.379. The number of aliphatic hydroxyl groups is 11. The third-order valence-electron chi connectivity index (χ3n) is 19.7. The van der Waals surface area contributed by atoms with E-state index in [2.05, 4.69) is 135 Å². The lowest BCUT2D eigenvalue weighted by atomic mass is 9.96. The van der Waals surface area contributed by atoms with Crippen molar-refractivity contribution in [2.24, 2.45) is 0 Å². The van der Waals surface area contributed by atoms with Gasteiger partial charge in [0.15, 0.2) is 18.9 Å². The number of nitrogens with one attached hydrogen (secondary N) is 1. The molecule has 608 valence electrons. The highest BCUT2D eigenvalue weighted by Gasteiger charge is 2.54. The third-order valence-corrected chi connectivity index (χ3v) is 19.7. The summed E-state index contributed by atoms with van der Waals surface area (Å²) in [6, 6.07) is -1.03. The van der Waals surface area contributed by atoms with E-state index in [1.165, 1.54) is 161 Å². The number of carbonyl (C=O) groups excluding carboxylic acids is 1. The zero-order valence-electron chi connectivity index (χ0n) is 65.1. The quantitative estimate of drug-likeness (QED) is 0.0199. The molecule has 0 spiro atoms. The topological polar surface area (TPSA) is 307 Å². The van der Waals surface area contributed by atoms with E-state index in [0.717, 1.165) is 77.0 Å². The highest BCUT2D eigenvalue weighted by molar-refractivity contribution is 5.76. The van der Waals surface area contributed by atoms with Crippen molar-refractivity contribution in [1.82, 2.24) is 5.32 Å². The van der Waals surface area contributed by atoms with Crippen LogP contribution in [0.5, 0.6) is 0 Å². The Morgan fingerprint density at radius 2 is 0.660 bits per heavy atom. The molecule has 17 unspecified atom stereocenters. The van der Waals surface area contributed by atoms with Crippen molar-refractivity contribution in [3.63, 3.8) is 0 Å². The molecule has 3 aliphatic heterocycles. The van der Waals surface area contributed by atoms with Gasteiger partial charge in [-0.3, -0.25) is 4.79 Å². The Labute approximate surface area is 639 Å². The van der Waals surface area contributed by atoms with Gasteiger partial charge in [0.25, 0.3) is 0 Å². The molecular weight excluding hydrogens is 1350 g/mol. The first-order valence-electron chi connectivity index (χ1n) is 41.4. The van der Waals surface area contributed by atoms with Gasteiger partial charge in [-0.25, -0.2) is 0 Å². The van der Waals surface area contributed by atoms with Gasteiger partial charge in [-0.05, 0) is 96.3 Å². The van der Waals surface area contributed by atoms with Crippen LogP contribution in [0.3, 0.4) is 0 Å². The zero-order valence-corrected chi connectivity index (χ0v) is 65.1. The molecule has 3 fully saturated rings. The summed E-state index contributed by atoms with van der Waals surface area (Å²) in [7, 11) is 0. The summed E-state index contributed by atoms with van der Waals surface area (Å²) in [5.74, 6) is -0.346. The van der Waals surface area contributed by atoms with Crippen molar-refractivity contribution in [2.75, 3.05) is 26.4 Å². The minimum absolute atomic E-state index is 0.146. The van der Waals surface area contributed by atoms with Crippen LogP contribution in [0.15, 0.2) is 134 Å². The minimum Gasteiger partial charge on any atom is -0.394 e. The van der Waals surface area contributed by atoms with Crippen molar-refractivity contribution in [3.05, 3.63) is 134 Å². The highest BCUT2D eigenvalue weighted by Crippen LogP contribution is 2.33. The van der Waals surface area contributed by atoms with Crippen LogP contribution in [0.4, 0.5) is 0 Å². The molecule has 3 rings (SSSR count). The fourth-order valence-corrected chi connectivity index (χ4v) is 13.1. The number of allylic oxidation sites excluding steroid dienone is 21. The third kappa shape index (κ3) is 44.7. The number of aliphatic hydroxyl groups excluding tert-OH is 11. The molecule has 3 heterocycles. The maximum absolute atomic E-state index is 13.5. The first kappa shape index (κ1) is 96.1. The van der Waals surface area contributed by atoms with E-state index < -0.39 is 131 Å². The van der Waals surface area contributed by atoms with E-state index in [4.69, 9.17) is 28.4 Å². The van der Waals surface area contributed by atoms with Crippen LogP contribution in [-0.4, -0.2) is 193 Å². The Hall–Kier alpha value is -4.07. The Morgan fingerprint density at radius 1 is 0.349 bits per heavy atom. The van der Waals surface area contributed by atoms with Crippen LogP contribution in [-0.2, 0) is 33.2 Å². The second-order valence-corrected chi connectivity index (χ2v) is 28.8. The minimum atomic E-state index is -2.00. The van der Waals surface area contributed by atoms with Crippen molar-refractivity contribution < 1.29 is 89.4 Å². The molecule has 0 bridgehead atoms. The summed E-state index contributed by atoms with van der Waals surface area (Å²) < 4.78 is 34.4. The summed E-state index contributed by atoms with van der Waals surface area (Å²) in [5.41, 5.74) is 0. The number of hydrogen-bond acceptors (Lipinski definition) is 18. The average molecular weight is 1500 g/mol. The van der Waals surface area contributed by atoms with Gasteiger partial charge in [0.1, 0.15) is 73.2 Å². The monoisotopic (exact) mass is 1490 g/mol. The SMILES string of the molecule is CC/C=C\C/C=C\C/C=C\C/C=C\C/C=C\C/C=C\C/C=C\C/C=C\C/C=C\CCCC(=O)NC(COC1OC(CO)C(OC2OC(CO)C(OC3OC(CO)C(O)C(O)C3O)C(O)C2O)C(O)C1O)C(O)/C=C/CC/C=C/CCCCCCCCCCCCCCCCCCCCCCCCCCCC. The van der Waals surface area contributed by atoms with Crippen LogP contribution >= 0.6 is 0 Å². The molecule has 3 aliphatic rings. The molecule has 19 nitrogen and oxygen atoms in total. The standard InChI is InChI=1S/C87H147NO18/c1-3-5-7-9-11-13-15-17-19-21-23-25-27-29-31-33-34-35-37-38-40-42-44-46-48-50-52-54-56-58-60-62-64-71(92)70(88-75(93)65-63-61-59-57-55-53-51-49-47-45-43-41-39-36-32-30-28-26-24-22-20-18-16-14-12-10-8-6-4-2)69-101-85-81(99)78(96)83(73(67-90)103-85)106-87-82(100)79(97)84(74(68-91)104-87)105-86-80(98)77(95)76(94)72(66-89)102-86/h6,8,12,14,18,20,24,26,30,32,39,41,45,47,51,53-54,56-57,59,62,64,70-74,76-87,89-92,94-100H,3-5,7,9-11,13,15-17,19,21-23,25,27-29,31,33-38,40,42-44,46,48-50,52,55,58,60-61,63,65-69H2,1-2H3,(H,88,93)/b8-6-,14-12-,20-18-,26-24-,32-30-,41-39-,47-45-,53-51-,56-54+,59-57-,64-62+. The molecule has 17 atom stereocenters. The van der Waals surface area contributed by atoms with E-state index in [1.807, 2.05) is 12.2 Å². The van der Waals surface area contributed by atoms with Crippen molar-refractivity contribution in [1.29, 1.82) is 0 Å². The average Bonchev–Trinajstić information content (AvgIpc) is 0.781. The van der Waals surface area contributed by atoms with Crippen molar-refractivity contribution >= 4 is 5.91 Å². The molecule has 0 radical (unpaired) electrons. The predicted octanol–water partition coefficient (Wildman–Crippen LogP) is 14.4. The lowest BCUT2D eigenvalue weighted by Crippen LogP contribution is -2.66. The Balaban J connectivity index is 1.41. The van der Waals surface area contributed by atoms with E-state index in [0.29, 0.717) is 19.3 Å². The summed E-state index contributed by atoms with van der Waals surface area (Å²) in [5, 5.41) is 121. The van der Waals surface area contributed by atoms with Gasteiger partial charge in [-0.1, -0.05) is 308 Å². The molecule has 0 aromatic rings. The van der Waals surface area contributed by atoms with E-state index in [-0.39, 0.29) is 12.3 Å². The van der Waals surface area contributed by atoms with E-state index in [9.17, 15) is 61.0 Å². The largest absolute Gasteiger partial charge is 0.394 e. The van der Waals surface area contributed by atoms with Gasteiger partial charge >= 0.3 is 0 Å². The molecule has 0 aromatic heterocycles. The zero-order chi connectivity index (χ0) is 76.7. The Morgan fingerprint density at radius 3 is 1.06 bits per heavy atom. The van der Waals surface area contributed by atoms with Gasteiger partial charge < -0.3 is 89.9 Å². The van der Waals surface area contributed by atoms with Gasteiger partial charge in [0.2, 0.25) is 5.91 Å². The van der Waals surface area contributed by atoms with Gasteiger partial charge in [-0.2, -0.15) is 0 Å². The van der Waals surface area contributed by atoms with E-state index in [1.54, 1.807) is 6.08 Å². The van der Waals surface area contributed by atoms with Crippen LogP contribution < -0.4 is 5.32 Å². The number of rotatable bonds is 64. The van der Waals surface area contributed by atoms with Gasteiger partial charge in [0, 0.05) is 6.42 Å². The summed E-state index contributed by atoms with van der Waals surface area (Å²) in [4.78, 5) is 13.5. The predicted molar refractivity (Wildman–Crippen MR) is 424 cm³/mol. The van der Waals surface area contributed by atoms with E-state index >= 15 is 0 Å². The highest BCUT2D eigenvalue weighted by atomic mass is 16.8. The van der Waals surface area contributed by atoms with Crippen LogP contribution in [0.2, 0.25) is 0 Å². The fourth-order valence-electron chi connectivity index (χ4n) is 13.1. The van der Waals surface area contributed by atoms with Crippen LogP contribution in [0, 0.1) is 0 Å². The Bertz CT molecular complexity index is 2440. The molecule has 106 heavy (non-hydrogen) atoms. The maximum Gasteiger partial charge on any atom is 0.220 e. The Kier molecular flexibility index (Phi) is 59.5. The number of carbonyl (C=O) groups is 1. The second kappa shape index (κ2) is 65.6. The molecule has 3 saturated heterocycles. The molecule has 0 saturated carbocycles. The van der Waals surface area contributed by atoms with Crippen LogP contribution in [0.25, 0.3) is 0 Å². The second-order valence-electron chi connectivity index (χ2n) is 28.8. The van der Waals surface area contributed by atoms with Crippen molar-refractivity contribution in [2.45, 2.75) is 381 Å². The number of hydrogen-bond donors (Lipinski definition) is 12. The molecule has 1 amide bonds. The smallest absolute Gasteiger partial charge is 0.220 e. The van der Waals surface area contributed by atoms with Crippen LogP contribution in [0.1, 0.15) is 277 Å². The molecular formula is C87H147NO18.